The number of aromatic nitrogens is 1. The number of pyridine rings is 1. The van der Waals surface area contributed by atoms with E-state index in [1.54, 1.807) is 6.07 Å². The molecule has 6 heteroatoms. The number of nitrogens with zero attached hydrogens (tertiary/aromatic N) is 2. The lowest BCUT2D eigenvalue weighted by molar-refractivity contribution is -0.117. The maximum absolute atomic E-state index is 12.0. The van der Waals surface area contributed by atoms with Gasteiger partial charge < -0.3 is 10.6 Å². The molecule has 1 saturated heterocycles. The third-order valence-electron chi connectivity index (χ3n) is 3.09. The first-order chi connectivity index (χ1) is 9.15. The van der Waals surface area contributed by atoms with E-state index >= 15 is 0 Å². The van der Waals surface area contributed by atoms with Crippen molar-refractivity contribution in [3.8, 4) is 0 Å². The number of nitrogens with one attached hydrogen (secondary N) is 2. The van der Waals surface area contributed by atoms with Crippen molar-refractivity contribution in [2.24, 2.45) is 0 Å². The van der Waals surface area contributed by atoms with Gasteiger partial charge in [-0.1, -0.05) is 0 Å². The summed E-state index contributed by atoms with van der Waals surface area (Å²) in [6.45, 7) is 6.20. The maximum atomic E-state index is 12.0. The normalized spacial score (nSPS) is 16.9. The Labute approximate surface area is 121 Å². The van der Waals surface area contributed by atoms with Crippen molar-refractivity contribution >= 4 is 27.7 Å². The predicted molar refractivity (Wildman–Crippen MR) is 79.2 cm³/mol. The molecule has 0 aromatic carbocycles. The van der Waals surface area contributed by atoms with Gasteiger partial charge in [0.2, 0.25) is 5.91 Å². The highest BCUT2D eigenvalue weighted by Gasteiger charge is 2.13. The van der Waals surface area contributed by atoms with Crippen LogP contribution in [0, 0.1) is 6.92 Å². The van der Waals surface area contributed by atoms with Gasteiger partial charge in [0, 0.05) is 17.6 Å². The summed E-state index contributed by atoms with van der Waals surface area (Å²) in [5.74, 6) is 0.606. The van der Waals surface area contributed by atoms with E-state index in [0.717, 1.165) is 42.8 Å². The summed E-state index contributed by atoms with van der Waals surface area (Å²) in [6.07, 6.45) is 1.09. The molecular formula is C13H19BrN4O. The van der Waals surface area contributed by atoms with Crippen molar-refractivity contribution in [1.82, 2.24) is 15.2 Å². The van der Waals surface area contributed by atoms with Crippen molar-refractivity contribution in [2.75, 3.05) is 38.0 Å². The van der Waals surface area contributed by atoms with E-state index < -0.39 is 0 Å². The first-order valence-corrected chi connectivity index (χ1v) is 7.30. The molecule has 104 valence electrons. The lowest BCUT2D eigenvalue weighted by Gasteiger charge is -2.18. The van der Waals surface area contributed by atoms with E-state index in [4.69, 9.17) is 0 Å². The number of carbonyl (C=O) groups excluding carboxylic acids is 1. The average Bonchev–Trinajstić information content (AvgIpc) is 2.62. The molecule has 1 aliphatic rings. The molecule has 2 N–H and O–H groups in total. The average molecular weight is 327 g/mol. The Morgan fingerprint density at radius 3 is 3.11 bits per heavy atom. The molecule has 0 radical (unpaired) electrons. The van der Waals surface area contributed by atoms with Crippen LogP contribution in [-0.4, -0.2) is 48.5 Å². The minimum atomic E-state index is -0.00359. The Morgan fingerprint density at radius 1 is 1.47 bits per heavy atom. The second-order valence-corrected chi connectivity index (χ2v) is 5.55. The molecule has 0 unspecified atom stereocenters. The Hall–Kier alpha value is -0.980. The lowest BCUT2D eigenvalue weighted by Crippen LogP contribution is -2.35. The van der Waals surface area contributed by atoms with Gasteiger partial charge in [0.25, 0.3) is 0 Å². The van der Waals surface area contributed by atoms with Gasteiger partial charge in [-0.25, -0.2) is 4.98 Å². The van der Waals surface area contributed by atoms with Crippen LogP contribution >= 0.6 is 15.9 Å². The molecule has 2 heterocycles. The molecule has 0 bridgehead atoms. The van der Waals surface area contributed by atoms with Gasteiger partial charge in [-0.2, -0.15) is 0 Å². The van der Waals surface area contributed by atoms with E-state index in [0.29, 0.717) is 12.4 Å². The van der Waals surface area contributed by atoms with Gasteiger partial charge in [-0.15, -0.1) is 0 Å². The first-order valence-electron chi connectivity index (χ1n) is 6.51. The Bertz CT molecular complexity index is 444. The lowest BCUT2D eigenvalue weighted by atomic mass is 10.3. The number of carbonyl (C=O) groups is 1. The molecule has 19 heavy (non-hydrogen) atoms. The number of amides is 1. The summed E-state index contributed by atoms with van der Waals surface area (Å²) < 4.78 is 0.948. The maximum Gasteiger partial charge on any atom is 0.239 e. The number of hydrogen-bond acceptors (Lipinski definition) is 4. The highest BCUT2D eigenvalue weighted by Crippen LogP contribution is 2.16. The molecule has 1 aliphatic heterocycles. The first kappa shape index (κ1) is 14.4. The summed E-state index contributed by atoms with van der Waals surface area (Å²) in [5, 5.41) is 6.17. The minimum absolute atomic E-state index is 0.00359. The topological polar surface area (TPSA) is 57.3 Å². The van der Waals surface area contributed by atoms with Gasteiger partial charge >= 0.3 is 0 Å². The number of hydrogen-bond donors (Lipinski definition) is 2. The van der Waals surface area contributed by atoms with Crippen LogP contribution in [0.25, 0.3) is 0 Å². The fraction of sp³-hybridized carbons (Fsp3) is 0.538. The van der Waals surface area contributed by atoms with E-state index in [1.807, 2.05) is 13.0 Å². The molecule has 0 spiro atoms. The Morgan fingerprint density at radius 2 is 2.32 bits per heavy atom. The number of halogens is 1. The van der Waals surface area contributed by atoms with Crippen molar-refractivity contribution in [3.05, 3.63) is 22.3 Å². The summed E-state index contributed by atoms with van der Waals surface area (Å²) in [5.41, 5.74) is 0.872. The van der Waals surface area contributed by atoms with Crippen LogP contribution in [0.1, 0.15) is 12.1 Å². The molecule has 0 saturated carbocycles. The summed E-state index contributed by atoms with van der Waals surface area (Å²) in [7, 11) is 0. The predicted octanol–water partition coefficient (Wildman–Crippen LogP) is 1.39. The highest BCUT2D eigenvalue weighted by atomic mass is 79.9. The van der Waals surface area contributed by atoms with Gasteiger partial charge in [0.15, 0.2) is 0 Å². The SMILES string of the molecule is Cc1nc(NC(=O)CN2CCCNCC2)ccc1Br. The second kappa shape index (κ2) is 6.98. The van der Waals surface area contributed by atoms with Crippen LogP contribution in [0.3, 0.4) is 0 Å². The fourth-order valence-electron chi connectivity index (χ4n) is 2.06. The quantitative estimate of drug-likeness (QED) is 0.881. The van der Waals surface area contributed by atoms with Crippen molar-refractivity contribution in [2.45, 2.75) is 13.3 Å². The van der Waals surface area contributed by atoms with Crippen LogP contribution < -0.4 is 10.6 Å². The number of rotatable bonds is 3. The van der Waals surface area contributed by atoms with Crippen LogP contribution in [0.2, 0.25) is 0 Å². The van der Waals surface area contributed by atoms with Crippen molar-refractivity contribution in [3.63, 3.8) is 0 Å². The van der Waals surface area contributed by atoms with Crippen LogP contribution in [-0.2, 0) is 4.79 Å². The minimum Gasteiger partial charge on any atom is -0.315 e. The van der Waals surface area contributed by atoms with E-state index in [-0.39, 0.29) is 5.91 Å². The fourth-order valence-corrected chi connectivity index (χ4v) is 2.28. The molecule has 0 atom stereocenters. The molecular weight excluding hydrogens is 308 g/mol. The molecule has 1 aromatic heterocycles. The third-order valence-corrected chi connectivity index (χ3v) is 3.93. The molecule has 5 nitrogen and oxygen atoms in total. The monoisotopic (exact) mass is 326 g/mol. The molecule has 1 amide bonds. The van der Waals surface area contributed by atoms with Gasteiger partial charge in [-0.05, 0) is 54.5 Å². The smallest absolute Gasteiger partial charge is 0.239 e. The Kier molecular flexibility index (Phi) is 5.30. The third kappa shape index (κ3) is 4.56. The zero-order valence-electron chi connectivity index (χ0n) is 11.1. The van der Waals surface area contributed by atoms with Gasteiger partial charge in [-0.3, -0.25) is 9.69 Å². The van der Waals surface area contributed by atoms with Crippen LogP contribution in [0.5, 0.6) is 0 Å². The van der Waals surface area contributed by atoms with E-state index in [1.165, 1.54) is 0 Å². The molecule has 1 aromatic rings. The number of aryl methyl sites for hydroxylation is 1. The summed E-state index contributed by atoms with van der Waals surface area (Å²) >= 11 is 3.39. The summed E-state index contributed by atoms with van der Waals surface area (Å²) in [4.78, 5) is 18.4. The standard InChI is InChI=1S/C13H19BrN4O/c1-10-11(14)3-4-12(16-10)17-13(19)9-18-7-2-5-15-6-8-18/h3-4,15H,2,5-9H2,1H3,(H,16,17,19). The molecule has 0 aliphatic carbocycles. The van der Waals surface area contributed by atoms with Crippen LogP contribution in [0.15, 0.2) is 16.6 Å². The van der Waals surface area contributed by atoms with Crippen molar-refractivity contribution < 1.29 is 4.79 Å². The van der Waals surface area contributed by atoms with Crippen molar-refractivity contribution in [1.29, 1.82) is 0 Å². The molecule has 1 fully saturated rings. The Balaban J connectivity index is 1.87. The van der Waals surface area contributed by atoms with Crippen LogP contribution in [0.4, 0.5) is 5.82 Å². The van der Waals surface area contributed by atoms with Gasteiger partial charge in [0.1, 0.15) is 5.82 Å². The second-order valence-electron chi connectivity index (χ2n) is 4.69. The largest absolute Gasteiger partial charge is 0.315 e. The zero-order chi connectivity index (χ0) is 13.7. The highest BCUT2D eigenvalue weighted by molar-refractivity contribution is 9.10. The zero-order valence-corrected chi connectivity index (χ0v) is 12.7. The van der Waals surface area contributed by atoms with Gasteiger partial charge in [0.05, 0.1) is 12.2 Å². The molecule has 2 rings (SSSR count). The number of anilines is 1. The summed E-state index contributed by atoms with van der Waals surface area (Å²) in [6, 6.07) is 3.70. The van der Waals surface area contributed by atoms with E-state index in [2.05, 4.69) is 36.4 Å². The van der Waals surface area contributed by atoms with E-state index in [9.17, 15) is 4.79 Å².